The lowest BCUT2D eigenvalue weighted by Gasteiger charge is -2.26. The van der Waals surface area contributed by atoms with E-state index in [1.165, 1.54) is 11.2 Å². The van der Waals surface area contributed by atoms with Gasteiger partial charge in [-0.3, -0.25) is 14.7 Å². The second-order valence-corrected chi connectivity index (χ2v) is 8.40. The molecule has 5 rings (SSSR count). The van der Waals surface area contributed by atoms with Crippen molar-refractivity contribution in [2.45, 2.75) is 0 Å². The molecule has 1 saturated heterocycles. The first-order chi connectivity index (χ1) is 16.6. The van der Waals surface area contributed by atoms with E-state index in [2.05, 4.69) is 9.88 Å². The van der Waals surface area contributed by atoms with Crippen molar-refractivity contribution in [3.05, 3.63) is 60.5 Å². The van der Waals surface area contributed by atoms with Crippen molar-refractivity contribution < 1.29 is 23.4 Å². The number of benzene rings is 2. The van der Waals surface area contributed by atoms with E-state index in [1.54, 1.807) is 26.4 Å². The van der Waals surface area contributed by atoms with Crippen LogP contribution in [0.25, 0.3) is 21.9 Å². The molecular formula is C26H27N3O5. The highest BCUT2D eigenvalue weighted by Gasteiger charge is 2.16. The van der Waals surface area contributed by atoms with E-state index in [9.17, 15) is 4.79 Å². The molecule has 8 heteroatoms. The topological polar surface area (TPSA) is 77.3 Å². The fraction of sp³-hybridized carbons (Fsp3) is 0.308. The predicted octanol–water partition coefficient (Wildman–Crippen LogP) is 4.19. The van der Waals surface area contributed by atoms with Crippen molar-refractivity contribution in [2.24, 2.45) is 0 Å². The first-order valence-electron chi connectivity index (χ1n) is 11.3. The number of aromatic nitrogens is 1. The minimum Gasteiger partial charge on any atom is -0.492 e. The third kappa shape index (κ3) is 4.69. The molecule has 0 N–H and O–H groups in total. The number of fused-ring (bicyclic) bond motifs is 2. The van der Waals surface area contributed by atoms with Gasteiger partial charge in [0, 0.05) is 62.8 Å². The van der Waals surface area contributed by atoms with Crippen molar-refractivity contribution in [3.8, 4) is 17.2 Å². The number of carbonyl (C=O) groups excluding carboxylic acids is 1. The fourth-order valence-electron chi connectivity index (χ4n) is 4.00. The van der Waals surface area contributed by atoms with Crippen LogP contribution in [-0.4, -0.2) is 74.2 Å². The van der Waals surface area contributed by atoms with E-state index in [4.69, 9.17) is 18.6 Å². The van der Waals surface area contributed by atoms with Gasteiger partial charge in [-0.25, -0.2) is 0 Å². The summed E-state index contributed by atoms with van der Waals surface area (Å²) in [6, 6.07) is 13.1. The first-order valence-corrected chi connectivity index (χ1v) is 11.3. The number of hydrogen-bond acceptors (Lipinski definition) is 7. The summed E-state index contributed by atoms with van der Waals surface area (Å²) < 4.78 is 23.1. The van der Waals surface area contributed by atoms with Crippen molar-refractivity contribution in [1.82, 2.24) is 14.8 Å². The van der Waals surface area contributed by atoms with Crippen LogP contribution in [0.4, 0.5) is 0 Å². The predicted molar refractivity (Wildman–Crippen MR) is 129 cm³/mol. The molecule has 0 atom stereocenters. The molecule has 1 aliphatic heterocycles. The van der Waals surface area contributed by atoms with Crippen molar-refractivity contribution in [1.29, 1.82) is 0 Å². The van der Waals surface area contributed by atoms with E-state index in [0.29, 0.717) is 29.3 Å². The quantitative estimate of drug-likeness (QED) is 0.408. The lowest BCUT2D eigenvalue weighted by Crippen LogP contribution is -2.38. The van der Waals surface area contributed by atoms with Gasteiger partial charge in [0.15, 0.2) is 0 Å². The highest BCUT2D eigenvalue weighted by atomic mass is 16.5. The zero-order valence-electron chi connectivity index (χ0n) is 19.3. The molecule has 1 fully saturated rings. The maximum atomic E-state index is 12.3. The second-order valence-electron chi connectivity index (χ2n) is 8.40. The summed E-state index contributed by atoms with van der Waals surface area (Å²) in [7, 11) is 3.43. The van der Waals surface area contributed by atoms with Crippen LogP contribution < -0.4 is 9.47 Å². The van der Waals surface area contributed by atoms with E-state index in [0.717, 1.165) is 54.9 Å². The average molecular weight is 462 g/mol. The van der Waals surface area contributed by atoms with Crippen LogP contribution in [-0.2, 0) is 4.74 Å². The Bertz CT molecular complexity index is 1310. The van der Waals surface area contributed by atoms with Gasteiger partial charge in [0.2, 0.25) is 0 Å². The van der Waals surface area contributed by atoms with E-state index < -0.39 is 0 Å². The van der Waals surface area contributed by atoms with Gasteiger partial charge in [0.05, 0.1) is 24.3 Å². The molecule has 1 aliphatic rings. The smallest absolute Gasteiger partial charge is 0.257 e. The summed E-state index contributed by atoms with van der Waals surface area (Å²) in [6.45, 7) is 4.94. The van der Waals surface area contributed by atoms with Crippen LogP contribution in [0.15, 0.2) is 59.3 Å². The van der Waals surface area contributed by atoms with E-state index in [1.807, 2.05) is 36.4 Å². The third-order valence-electron chi connectivity index (χ3n) is 5.87. The van der Waals surface area contributed by atoms with Crippen LogP contribution in [0.1, 0.15) is 10.4 Å². The number of morpholine rings is 1. The molecular weight excluding hydrogens is 434 g/mol. The normalized spacial score (nSPS) is 14.4. The molecule has 0 bridgehead atoms. The molecule has 176 valence electrons. The van der Waals surface area contributed by atoms with Crippen molar-refractivity contribution in [2.75, 3.05) is 53.6 Å². The number of amides is 1. The molecule has 0 radical (unpaired) electrons. The molecule has 0 saturated carbocycles. The Morgan fingerprint density at radius 3 is 2.68 bits per heavy atom. The van der Waals surface area contributed by atoms with E-state index in [-0.39, 0.29) is 5.91 Å². The van der Waals surface area contributed by atoms with Gasteiger partial charge in [-0.2, -0.15) is 0 Å². The Hall–Kier alpha value is -3.62. The number of pyridine rings is 1. The van der Waals surface area contributed by atoms with Gasteiger partial charge in [-0.1, -0.05) is 0 Å². The van der Waals surface area contributed by atoms with Gasteiger partial charge in [-0.05, 0) is 30.3 Å². The maximum Gasteiger partial charge on any atom is 0.257 e. The maximum absolute atomic E-state index is 12.3. The van der Waals surface area contributed by atoms with Crippen LogP contribution in [0.3, 0.4) is 0 Å². The van der Waals surface area contributed by atoms with Crippen molar-refractivity contribution >= 4 is 27.8 Å². The minimum absolute atomic E-state index is 0.101. The Balaban J connectivity index is 1.30. The standard InChI is InChI=1S/C26H27N3O5/c1-28(2)26(30)22-17-33-25-16-19(4-5-20(22)25)34-24-7-8-27-23-15-18(3-6-21(23)24)32-14-11-29-9-12-31-13-10-29/h3-8,15-17H,9-14H2,1-2H3. The first kappa shape index (κ1) is 22.2. The fourth-order valence-corrected chi connectivity index (χ4v) is 4.00. The third-order valence-corrected chi connectivity index (χ3v) is 5.87. The van der Waals surface area contributed by atoms with Gasteiger partial charge in [0.1, 0.15) is 35.7 Å². The molecule has 0 spiro atoms. The lowest BCUT2D eigenvalue weighted by molar-refractivity contribution is 0.0322. The highest BCUT2D eigenvalue weighted by molar-refractivity contribution is 6.06. The van der Waals surface area contributed by atoms with Gasteiger partial charge in [0.25, 0.3) is 5.91 Å². The molecule has 0 unspecified atom stereocenters. The summed E-state index contributed by atoms with van der Waals surface area (Å²) in [5, 5.41) is 1.63. The second kappa shape index (κ2) is 9.70. The molecule has 34 heavy (non-hydrogen) atoms. The number of furan rings is 1. The Morgan fingerprint density at radius 1 is 1.06 bits per heavy atom. The van der Waals surface area contributed by atoms with Crippen LogP contribution in [0.5, 0.6) is 17.2 Å². The summed E-state index contributed by atoms with van der Waals surface area (Å²) in [6.07, 6.45) is 3.20. The van der Waals surface area contributed by atoms with E-state index >= 15 is 0 Å². The lowest BCUT2D eigenvalue weighted by atomic mass is 10.1. The summed E-state index contributed by atoms with van der Waals surface area (Å²) in [4.78, 5) is 20.7. The molecule has 2 aromatic carbocycles. The number of rotatable bonds is 7. The molecule has 1 amide bonds. The largest absolute Gasteiger partial charge is 0.492 e. The van der Waals surface area contributed by atoms with Crippen LogP contribution >= 0.6 is 0 Å². The number of hydrogen-bond donors (Lipinski definition) is 0. The molecule has 4 aromatic rings. The number of ether oxygens (including phenoxy) is 3. The van der Waals surface area contributed by atoms with Gasteiger partial charge < -0.3 is 23.5 Å². The summed E-state index contributed by atoms with van der Waals surface area (Å²) >= 11 is 0. The minimum atomic E-state index is -0.101. The van der Waals surface area contributed by atoms with Crippen molar-refractivity contribution in [3.63, 3.8) is 0 Å². The highest BCUT2D eigenvalue weighted by Crippen LogP contribution is 2.33. The Labute approximate surface area is 197 Å². The summed E-state index contributed by atoms with van der Waals surface area (Å²) in [5.74, 6) is 1.97. The Kier molecular flexibility index (Phi) is 6.33. The van der Waals surface area contributed by atoms with Gasteiger partial charge >= 0.3 is 0 Å². The zero-order chi connectivity index (χ0) is 23.5. The average Bonchev–Trinajstić information content (AvgIpc) is 3.27. The molecule has 2 aromatic heterocycles. The molecule has 0 aliphatic carbocycles. The monoisotopic (exact) mass is 461 g/mol. The van der Waals surface area contributed by atoms with Crippen LogP contribution in [0.2, 0.25) is 0 Å². The zero-order valence-corrected chi connectivity index (χ0v) is 19.3. The molecule has 3 heterocycles. The number of nitrogens with zero attached hydrogens (tertiary/aromatic N) is 3. The molecule has 8 nitrogen and oxygen atoms in total. The Morgan fingerprint density at radius 2 is 1.85 bits per heavy atom. The SMILES string of the molecule is CN(C)C(=O)c1coc2cc(Oc3ccnc4cc(OCCN5CCOCC5)ccc34)ccc12. The van der Waals surface area contributed by atoms with Gasteiger partial charge in [-0.15, -0.1) is 0 Å². The van der Waals surface area contributed by atoms with Crippen LogP contribution in [0, 0.1) is 0 Å². The summed E-state index contributed by atoms with van der Waals surface area (Å²) in [5.41, 5.74) is 1.92. The number of carbonyl (C=O) groups is 1.